The van der Waals surface area contributed by atoms with Crippen molar-refractivity contribution < 1.29 is 14.6 Å². The lowest BCUT2D eigenvalue weighted by molar-refractivity contribution is -0.175. The third-order valence-corrected chi connectivity index (χ3v) is 9.56. The van der Waals surface area contributed by atoms with E-state index in [0.717, 1.165) is 25.7 Å². The third kappa shape index (κ3) is 2.98. The molecule has 5 aliphatic rings. The van der Waals surface area contributed by atoms with E-state index in [1.807, 2.05) is 0 Å². The van der Waals surface area contributed by atoms with Gasteiger partial charge in [-0.2, -0.15) is 0 Å². The normalized spacial score (nSPS) is 47.4. The highest BCUT2D eigenvalue weighted by Gasteiger charge is 2.63. The molecule has 2 saturated carbocycles. The maximum Gasteiger partial charge on any atom is 0.313 e. The zero-order valence-corrected chi connectivity index (χ0v) is 18.8. The molecule has 1 saturated heterocycles. The summed E-state index contributed by atoms with van der Waals surface area (Å²) in [5.41, 5.74) is 1.72. The van der Waals surface area contributed by atoms with Crippen molar-refractivity contribution in [1.82, 2.24) is 0 Å². The summed E-state index contributed by atoms with van der Waals surface area (Å²) in [6, 6.07) is 0. The molecule has 30 heavy (non-hydrogen) atoms. The summed E-state index contributed by atoms with van der Waals surface area (Å²) in [6.07, 6.45) is 18.8. The zero-order chi connectivity index (χ0) is 21.1. The van der Waals surface area contributed by atoms with E-state index in [2.05, 4.69) is 51.2 Å². The van der Waals surface area contributed by atoms with E-state index in [1.54, 1.807) is 0 Å². The van der Waals surface area contributed by atoms with Gasteiger partial charge in [-0.15, -0.1) is 0 Å². The van der Waals surface area contributed by atoms with Gasteiger partial charge in [0, 0.05) is 5.41 Å². The molecule has 1 N–H and O–H groups in total. The molecule has 0 bridgehead atoms. The Morgan fingerprint density at radius 3 is 2.77 bits per heavy atom. The quantitative estimate of drug-likeness (QED) is 0.496. The van der Waals surface area contributed by atoms with Gasteiger partial charge in [-0.25, -0.2) is 0 Å². The number of fused-ring (bicyclic) bond motifs is 4. The first-order chi connectivity index (χ1) is 14.3. The van der Waals surface area contributed by atoms with Crippen molar-refractivity contribution in [2.45, 2.75) is 71.8 Å². The number of carbonyl (C=O) groups is 1. The Balaban J connectivity index is 1.44. The van der Waals surface area contributed by atoms with E-state index in [9.17, 15) is 9.90 Å². The molecule has 0 aromatic rings. The van der Waals surface area contributed by atoms with Crippen LogP contribution in [0.4, 0.5) is 0 Å². The summed E-state index contributed by atoms with van der Waals surface area (Å²) < 4.78 is 5.89. The monoisotopic (exact) mass is 410 g/mol. The van der Waals surface area contributed by atoms with Gasteiger partial charge in [-0.3, -0.25) is 4.79 Å². The molecule has 5 rings (SSSR count). The van der Waals surface area contributed by atoms with E-state index < -0.39 is 0 Å². The minimum absolute atomic E-state index is 0.00559. The summed E-state index contributed by atoms with van der Waals surface area (Å²) >= 11 is 0. The van der Waals surface area contributed by atoms with Crippen LogP contribution < -0.4 is 0 Å². The van der Waals surface area contributed by atoms with E-state index >= 15 is 0 Å². The lowest BCUT2D eigenvalue weighted by Crippen LogP contribution is -2.55. The topological polar surface area (TPSA) is 46.5 Å². The van der Waals surface area contributed by atoms with Crippen LogP contribution in [-0.2, 0) is 9.53 Å². The molecular weight excluding hydrogens is 372 g/mol. The summed E-state index contributed by atoms with van der Waals surface area (Å²) in [5, 5.41) is 10.2. The van der Waals surface area contributed by atoms with Crippen molar-refractivity contribution in [2.75, 3.05) is 6.61 Å². The first-order valence-electron chi connectivity index (χ1n) is 12.3. The van der Waals surface area contributed by atoms with Gasteiger partial charge in [0.1, 0.15) is 0 Å². The molecule has 1 aliphatic heterocycles. The molecule has 1 heterocycles. The number of esters is 1. The highest BCUT2D eigenvalue weighted by atomic mass is 16.5. The van der Waals surface area contributed by atoms with Crippen molar-refractivity contribution >= 4 is 5.97 Å². The molecule has 8 atom stereocenters. The van der Waals surface area contributed by atoms with Crippen LogP contribution in [0.25, 0.3) is 0 Å². The van der Waals surface area contributed by atoms with E-state index in [4.69, 9.17) is 4.74 Å². The average molecular weight is 411 g/mol. The lowest BCUT2D eigenvalue weighted by atomic mass is 9.47. The highest BCUT2D eigenvalue weighted by molar-refractivity contribution is 5.76. The van der Waals surface area contributed by atoms with Crippen molar-refractivity contribution in [3.63, 3.8) is 0 Å². The molecule has 0 aromatic carbocycles. The van der Waals surface area contributed by atoms with Crippen LogP contribution >= 0.6 is 0 Å². The maximum atomic E-state index is 12.7. The molecule has 0 aromatic heterocycles. The van der Waals surface area contributed by atoms with Gasteiger partial charge in [-0.1, -0.05) is 51.2 Å². The SMILES string of the molecule is CC(C)CC=C[C@@H]1C(=O)OC[C@]23CC[C@H]4[C@@H](C=CC5=C[C@H](O)CC[C@@]54C)[C@@H]2CC[C@H]13. The molecule has 4 aliphatic carbocycles. The smallest absolute Gasteiger partial charge is 0.313 e. The van der Waals surface area contributed by atoms with Crippen LogP contribution in [-0.4, -0.2) is 23.8 Å². The number of cyclic esters (lactones) is 1. The van der Waals surface area contributed by atoms with Crippen molar-refractivity contribution in [3.8, 4) is 0 Å². The Kier molecular flexibility index (Phi) is 5.04. The second kappa shape index (κ2) is 7.36. The summed E-state index contributed by atoms with van der Waals surface area (Å²) in [7, 11) is 0. The minimum atomic E-state index is -0.281. The predicted molar refractivity (Wildman–Crippen MR) is 118 cm³/mol. The summed E-state index contributed by atoms with van der Waals surface area (Å²) in [5.74, 6) is 2.87. The molecule has 3 nitrogen and oxygen atoms in total. The largest absolute Gasteiger partial charge is 0.465 e. The van der Waals surface area contributed by atoms with Gasteiger partial charge in [0.2, 0.25) is 0 Å². The van der Waals surface area contributed by atoms with Crippen molar-refractivity contribution in [2.24, 2.45) is 46.3 Å². The van der Waals surface area contributed by atoms with Gasteiger partial charge in [0.05, 0.1) is 18.6 Å². The van der Waals surface area contributed by atoms with Gasteiger partial charge in [0.25, 0.3) is 0 Å². The molecule has 0 amide bonds. The fraction of sp³-hybridized carbons (Fsp3) is 0.741. The third-order valence-electron chi connectivity index (χ3n) is 9.56. The number of aliphatic hydroxyl groups is 1. The van der Waals surface area contributed by atoms with E-state index in [0.29, 0.717) is 36.2 Å². The average Bonchev–Trinajstić information content (AvgIpc) is 3.10. The van der Waals surface area contributed by atoms with Crippen LogP contribution in [0, 0.1) is 46.3 Å². The second-order valence-electron chi connectivity index (χ2n) is 11.4. The summed E-state index contributed by atoms with van der Waals surface area (Å²) in [6.45, 7) is 7.52. The number of allylic oxidation sites excluding steroid dienone is 4. The number of hydrogen-bond acceptors (Lipinski definition) is 3. The first kappa shape index (κ1) is 20.5. The van der Waals surface area contributed by atoms with Crippen molar-refractivity contribution in [1.29, 1.82) is 0 Å². The van der Waals surface area contributed by atoms with Crippen molar-refractivity contribution in [3.05, 3.63) is 36.0 Å². The van der Waals surface area contributed by atoms with Gasteiger partial charge in [0.15, 0.2) is 0 Å². The molecule has 0 radical (unpaired) electrons. The molecular formula is C27H38O3. The Hall–Kier alpha value is -1.35. The molecule has 3 heteroatoms. The number of hydrogen-bond donors (Lipinski definition) is 1. The predicted octanol–water partition coefficient (Wildman–Crippen LogP) is 5.46. The molecule has 3 fully saturated rings. The van der Waals surface area contributed by atoms with Crippen LogP contribution in [0.1, 0.15) is 65.7 Å². The minimum Gasteiger partial charge on any atom is -0.465 e. The highest BCUT2D eigenvalue weighted by Crippen LogP contribution is 2.67. The van der Waals surface area contributed by atoms with E-state index in [-0.39, 0.29) is 28.8 Å². The fourth-order valence-electron chi connectivity index (χ4n) is 8.00. The maximum absolute atomic E-state index is 12.7. The van der Waals surface area contributed by atoms with Gasteiger partial charge < -0.3 is 9.84 Å². The number of rotatable bonds is 3. The number of aliphatic hydroxyl groups excluding tert-OH is 1. The Morgan fingerprint density at radius 2 is 1.97 bits per heavy atom. The summed E-state index contributed by atoms with van der Waals surface area (Å²) in [4.78, 5) is 12.7. The zero-order valence-electron chi connectivity index (χ0n) is 18.8. The Labute approximate surface area is 181 Å². The van der Waals surface area contributed by atoms with Crippen LogP contribution in [0.3, 0.4) is 0 Å². The van der Waals surface area contributed by atoms with Gasteiger partial charge >= 0.3 is 5.97 Å². The van der Waals surface area contributed by atoms with Crippen LogP contribution in [0.2, 0.25) is 0 Å². The lowest BCUT2D eigenvalue weighted by Gasteiger charge is -2.58. The molecule has 1 spiro atoms. The Morgan fingerprint density at radius 1 is 1.17 bits per heavy atom. The first-order valence-corrected chi connectivity index (χ1v) is 12.3. The second-order valence-corrected chi connectivity index (χ2v) is 11.4. The molecule has 0 unspecified atom stereocenters. The standard InChI is InChI=1S/C27H38O3/c1-17(2)5-4-6-21-24-10-9-23-20-8-7-18-15-19(28)11-13-26(18,3)22(20)12-14-27(23,24)16-30-25(21)29/h4,6-8,15,17,19-24,28H,5,9-14,16H2,1-3H3/t19-,20-,21+,22+,23+,24-,26+,27-/m1/s1. The number of carbonyl (C=O) groups excluding carboxylic acids is 1. The fourth-order valence-corrected chi connectivity index (χ4v) is 8.00. The van der Waals surface area contributed by atoms with Gasteiger partial charge in [-0.05, 0) is 85.5 Å². The Bertz CT molecular complexity index is 792. The number of ether oxygens (including phenoxy) is 1. The molecule has 164 valence electrons. The van der Waals surface area contributed by atoms with Crippen LogP contribution in [0.15, 0.2) is 36.0 Å². The van der Waals surface area contributed by atoms with E-state index in [1.165, 1.54) is 24.8 Å². The van der Waals surface area contributed by atoms with Crippen LogP contribution in [0.5, 0.6) is 0 Å².